The lowest BCUT2D eigenvalue weighted by atomic mass is 9.94. The third kappa shape index (κ3) is 1.97. The normalized spacial score (nSPS) is 10.7. The lowest BCUT2D eigenvalue weighted by Gasteiger charge is -2.17. The fourth-order valence-electron chi connectivity index (χ4n) is 2.51. The summed E-state index contributed by atoms with van der Waals surface area (Å²) >= 11 is 0. The molecule has 0 aliphatic heterocycles. The number of fused-ring (bicyclic) bond motifs is 1. The molecule has 2 rings (SSSR count). The van der Waals surface area contributed by atoms with E-state index < -0.39 is 5.97 Å². The number of aromatic carboxylic acids is 1. The molecular weight excluding hydrogens is 256 g/mol. The fourth-order valence-corrected chi connectivity index (χ4v) is 2.51. The van der Waals surface area contributed by atoms with Crippen LogP contribution in [0, 0.1) is 20.8 Å². The second-order valence-electron chi connectivity index (χ2n) is 4.85. The van der Waals surface area contributed by atoms with Gasteiger partial charge in [-0.25, -0.2) is 4.79 Å². The first-order valence-corrected chi connectivity index (χ1v) is 6.31. The number of carboxylic acids is 1. The largest absolute Gasteiger partial charge is 0.493 e. The number of rotatable bonds is 3. The van der Waals surface area contributed by atoms with Gasteiger partial charge in [-0.15, -0.1) is 0 Å². The summed E-state index contributed by atoms with van der Waals surface area (Å²) in [7, 11) is 2.97. The zero-order valence-corrected chi connectivity index (χ0v) is 12.3. The van der Waals surface area contributed by atoms with Crippen molar-refractivity contribution in [2.45, 2.75) is 20.8 Å². The van der Waals surface area contributed by atoms with Gasteiger partial charge in [0.25, 0.3) is 0 Å². The molecule has 0 saturated heterocycles. The van der Waals surface area contributed by atoms with E-state index in [1.54, 1.807) is 0 Å². The van der Waals surface area contributed by atoms with Crippen molar-refractivity contribution in [2.24, 2.45) is 0 Å². The van der Waals surface area contributed by atoms with E-state index in [1.807, 2.05) is 32.9 Å². The Bertz CT molecular complexity index is 702. The van der Waals surface area contributed by atoms with Gasteiger partial charge in [0.1, 0.15) is 5.56 Å². The molecule has 0 fully saturated rings. The number of carboxylic acid groups (broad SMARTS) is 1. The van der Waals surface area contributed by atoms with Crippen LogP contribution in [0.25, 0.3) is 10.8 Å². The van der Waals surface area contributed by atoms with Crippen LogP contribution in [0.5, 0.6) is 11.5 Å². The fraction of sp³-hybridized carbons (Fsp3) is 0.312. The van der Waals surface area contributed by atoms with Crippen LogP contribution in [-0.2, 0) is 0 Å². The minimum atomic E-state index is -1.02. The molecule has 0 atom stereocenters. The van der Waals surface area contributed by atoms with Crippen LogP contribution < -0.4 is 9.47 Å². The average Bonchev–Trinajstić information content (AvgIpc) is 2.40. The highest BCUT2D eigenvalue weighted by Gasteiger charge is 2.23. The van der Waals surface area contributed by atoms with Gasteiger partial charge in [0.15, 0.2) is 11.5 Å². The summed E-state index contributed by atoms with van der Waals surface area (Å²) in [4.78, 5) is 11.6. The molecule has 1 N–H and O–H groups in total. The molecule has 0 bridgehead atoms. The monoisotopic (exact) mass is 274 g/mol. The van der Waals surface area contributed by atoms with Crippen LogP contribution in [-0.4, -0.2) is 25.3 Å². The number of methoxy groups -OCH3 is 2. The van der Waals surface area contributed by atoms with Gasteiger partial charge in [-0.05, 0) is 37.3 Å². The predicted molar refractivity (Wildman–Crippen MR) is 78.2 cm³/mol. The van der Waals surface area contributed by atoms with Gasteiger partial charge in [-0.2, -0.15) is 0 Å². The molecule has 0 heterocycles. The summed E-state index contributed by atoms with van der Waals surface area (Å²) in [5.74, 6) is -0.276. The van der Waals surface area contributed by atoms with Crippen molar-refractivity contribution in [3.8, 4) is 11.5 Å². The van der Waals surface area contributed by atoms with E-state index in [2.05, 4.69) is 0 Å². The van der Waals surface area contributed by atoms with Crippen molar-refractivity contribution in [2.75, 3.05) is 14.2 Å². The SMILES string of the molecule is COc1c(OC)c(C(=O)O)c2cc(C)c(C)cc2c1C. The van der Waals surface area contributed by atoms with E-state index in [4.69, 9.17) is 9.47 Å². The molecule has 0 aliphatic rings. The van der Waals surface area contributed by atoms with Gasteiger partial charge < -0.3 is 14.6 Å². The summed E-state index contributed by atoms with van der Waals surface area (Å²) < 4.78 is 10.6. The zero-order chi connectivity index (χ0) is 15.0. The Morgan fingerprint density at radius 3 is 1.90 bits per heavy atom. The van der Waals surface area contributed by atoms with Crippen molar-refractivity contribution in [3.05, 3.63) is 34.4 Å². The van der Waals surface area contributed by atoms with Crippen LogP contribution in [0.4, 0.5) is 0 Å². The summed E-state index contributed by atoms with van der Waals surface area (Å²) in [5.41, 5.74) is 3.19. The summed E-state index contributed by atoms with van der Waals surface area (Å²) in [5, 5.41) is 11.1. The minimum Gasteiger partial charge on any atom is -0.493 e. The Labute approximate surface area is 117 Å². The lowest BCUT2D eigenvalue weighted by Crippen LogP contribution is -2.06. The van der Waals surface area contributed by atoms with Crippen LogP contribution in [0.3, 0.4) is 0 Å². The molecule has 2 aromatic carbocycles. The molecule has 20 heavy (non-hydrogen) atoms. The third-order valence-corrected chi connectivity index (χ3v) is 3.70. The van der Waals surface area contributed by atoms with Gasteiger partial charge in [-0.3, -0.25) is 0 Å². The maximum atomic E-state index is 11.6. The Balaban J connectivity index is 3.07. The number of ether oxygens (including phenoxy) is 2. The maximum absolute atomic E-state index is 11.6. The van der Waals surface area contributed by atoms with Gasteiger partial charge >= 0.3 is 5.97 Å². The van der Waals surface area contributed by atoms with Crippen molar-refractivity contribution in [3.63, 3.8) is 0 Å². The van der Waals surface area contributed by atoms with Crippen molar-refractivity contribution in [1.29, 1.82) is 0 Å². The first-order chi connectivity index (χ1) is 9.42. The molecule has 4 nitrogen and oxygen atoms in total. The van der Waals surface area contributed by atoms with Crippen LogP contribution in [0.1, 0.15) is 27.0 Å². The van der Waals surface area contributed by atoms with E-state index in [-0.39, 0.29) is 11.3 Å². The summed E-state index contributed by atoms with van der Waals surface area (Å²) in [6.45, 7) is 5.88. The maximum Gasteiger partial charge on any atom is 0.340 e. The topological polar surface area (TPSA) is 55.8 Å². The molecule has 0 aliphatic carbocycles. The first-order valence-electron chi connectivity index (χ1n) is 6.31. The first kappa shape index (κ1) is 14.2. The molecule has 0 saturated carbocycles. The highest BCUT2D eigenvalue weighted by Crippen LogP contribution is 2.41. The second-order valence-corrected chi connectivity index (χ2v) is 4.85. The molecule has 0 radical (unpaired) electrons. The summed E-state index contributed by atoms with van der Waals surface area (Å²) in [6, 6.07) is 3.89. The van der Waals surface area contributed by atoms with Gasteiger partial charge in [0, 0.05) is 10.9 Å². The highest BCUT2D eigenvalue weighted by atomic mass is 16.5. The van der Waals surface area contributed by atoms with E-state index >= 15 is 0 Å². The number of benzene rings is 2. The number of aryl methyl sites for hydroxylation is 3. The smallest absolute Gasteiger partial charge is 0.340 e. The average molecular weight is 274 g/mol. The highest BCUT2D eigenvalue weighted by molar-refractivity contribution is 6.09. The van der Waals surface area contributed by atoms with E-state index in [0.29, 0.717) is 11.1 Å². The van der Waals surface area contributed by atoms with Crippen molar-refractivity contribution < 1.29 is 19.4 Å². The Morgan fingerprint density at radius 1 is 0.950 bits per heavy atom. The predicted octanol–water partition coefficient (Wildman–Crippen LogP) is 3.48. The number of hydrogen-bond acceptors (Lipinski definition) is 3. The molecule has 0 spiro atoms. The Morgan fingerprint density at radius 2 is 1.45 bits per heavy atom. The van der Waals surface area contributed by atoms with Gasteiger partial charge in [0.2, 0.25) is 0 Å². The Kier molecular flexibility index (Phi) is 3.57. The van der Waals surface area contributed by atoms with E-state index in [0.717, 1.165) is 22.1 Å². The van der Waals surface area contributed by atoms with E-state index in [1.165, 1.54) is 14.2 Å². The van der Waals surface area contributed by atoms with Crippen molar-refractivity contribution in [1.82, 2.24) is 0 Å². The third-order valence-electron chi connectivity index (χ3n) is 3.70. The molecule has 2 aromatic rings. The number of carbonyl (C=O) groups is 1. The van der Waals surface area contributed by atoms with Crippen LogP contribution in [0.2, 0.25) is 0 Å². The molecule has 0 unspecified atom stereocenters. The molecule has 4 heteroatoms. The minimum absolute atomic E-state index is 0.146. The van der Waals surface area contributed by atoms with Crippen LogP contribution in [0.15, 0.2) is 12.1 Å². The number of hydrogen-bond donors (Lipinski definition) is 1. The van der Waals surface area contributed by atoms with Gasteiger partial charge in [0.05, 0.1) is 14.2 Å². The van der Waals surface area contributed by atoms with Crippen molar-refractivity contribution >= 4 is 16.7 Å². The molecule has 0 amide bonds. The second kappa shape index (κ2) is 5.04. The molecule has 0 aromatic heterocycles. The molecule has 106 valence electrons. The quantitative estimate of drug-likeness (QED) is 0.931. The Hall–Kier alpha value is -2.23. The summed E-state index contributed by atoms with van der Waals surface area (Å²) in [6.07, 6.45) is 0. The zero-order valence-electron chi connectivity index (χ0n) is 12.3. The molecular formula is C16H18O4. The van der Waals surface area contributed by atoms with E-state index in [9.17, 15) is 9.90 Å². The van der Waals surface area contributed by atoms with Gasteiger partial charge in [-0.1, -0.05) is 12.1 Å². The van der Waals surface area contributed by atoms with Crippen LogP contribution >= 0.6 is 0 Å². The standard InChI is InChI=1S/C16H18O4/c1-8-6-11-10(3)14(19-4)15(20-5)13(16(17)18)12(11)7-9(8)2/h6-7H,1-5H3,(H,17,18). The lowest BCUT2D eigenvalue weighted by molar-refractivity contribution is 0.0695.